The third-order valence-electron chi connectivity index (χ3n) is 6.82. The van der Waals surface area contributed by atoms with Crippen molar-refractivity contribution in [2.75, 3.05) is 6.54 Å². The summed E-state index contributed by atoms with van der Waals surface area (Å²) >= 11 is 1.40. The SMILES string of the molecule is CCCCNC(=O)c1cc(-c2csc(-c3ccc(C(F)(F)F)cc3)n2)n(CC2CCCCC2)c1C. The number of halogens is 3. The molecule has 1 N–H and O–H groups in total. The van der Waals surface area contributed by atoms with Crippen molar-refractivity contribution in [1.82, 2.24) is 14.9 Å². The van der Waals surface area contributed by atoms with Crippen molar-refractivity contribution in [2.24, 2.45) is 5.92 Å². The molecule has 35 heavy (non-hydrogen) atoms. The first kappa shape index (κ1) is 25.5. The number of hydrogen-bond acceptors (Lipinski definition) is 3. The lowest BCUT2D eigenvalue weighted by molar-refractivity contribution is -0.137. The van der Waals surface area contributed by atoms with Crippen molar-refractivity contribution >= 4 is 17.2 Å². The van der Waals surface area contributed by atoms with Gasteiger partial charge in [-0.15, -0.1) is 11.3 Å². The van der Waals surface area contributed by atoms with E-state index in [2.05, 4.69) is 16.8 Å². The first-order valence-electron chi connectivity index (χ1n) is 12.4. The first-order chi connectivity index (χ1) is 16.8. The molecule has 1 amide bonds. The van der Waals surface area contributed by atoms with Gasteiger partial charge in [0.05, 0.1) is 22.5 Å². The number of carbonyl (C=O) groups excluding carboxylic acids is 1. The molecule has 0 saturated heterocycles. The fourth-order valence-corrected chi connectivity index (χ4v) is 5.57. The average Bonchev–Trinajstić information content (AvgIpc) is 3.45. The maximum absolute atomic E-state index is 12.9. The lowest BCUT2D eigenvalue weighted by Crippen LogP contribution is -2.25. The van der Waals surface area contributed by atoms with Crippen LogP contribution in [0.25, 0.3) is 22.0 Å². The minimum atomic E-state index is -4.36. The molecule has 0 bridgehead atoms. The van der Waals surface area contributed by atoms with Crippen LogP contribution >= 0.6 is 11.3 Å². The standard InChI is InChI=1S/C27H32F3N3OS/c1-3-4-14-31-25(34)22-15-24(33(18(22)2)16-19-8-6-5-7-9-19)23-17-35-26(32-23)20-10-12-21(13-11-20)27(28,29)30/h10-13,15,17,19H,3-9,14,16H2,1-2H3,(H,31,34). The molecule has 1 aromatic carbocycles. The van der Waals surface area contributed by atoms with Gasteiger partial charge < -0.3 is 9.88 Å². The van der Waals surface area contributed by atoms with E-state index >= 15 is 0 Å². The molecule has 1 saturated carbocycles. The summed E-state index contributed by atoms with van der Waals surface area (Å²) < 4.78 is 41.0. The normalized spacial score (nSPS) is 14.9. The van der Waals surface area contributed by atoms with Crippen molar-refractivity contribution < 1.29 is 18.0 Å². The molecule has 2 heterocycles. The fourth-order valence-electron chi connectivity index (χ4n) is 4.75. The second-order valence-electron chi connectivity index (χ2n) is 9.37. The molecule has 1 fully saturated rings. The fraction of sp³-hybridized carbons (Fsp3) is 0.481. The van der Waals surface area contributed by atoms with Crippen LogP contribution in [0.1, 0.15) is 73.5 Å². The molecule has 4 nitrogen and oxygen atoms in total. The van der Waals surface area contributed by atoms with Gasteiger partial charge in [0.2, 0.25) is 0 Å². The third kappa shape index (κ3) is 5.97. The number of aromatic nitrogens is 2. The molecule has 8 heteroatoms. The van der Waals surface area contributed by atoms with Gasteiger partial charge in [0, 0.05) is 29.7 Å². The molecule has 2 aromatic heterocycles. The van der Waals surface area contributed by atoms with Gasteiger partial charge in [0.1, 0.15) is 5.01 Å². The molecule has 1 aliphatic rings. The van der Waals surface area contributed by atoms with Crippen molar-refractivity contribution in [3.05, 3.63) is 52.5 Å². The van der Waals surface area contributed by atoms with Crippen LogP contribution in [0.15, 0.2) is 35.7 Å². The molecule has 188 valence electrons. The van der Waals surface area contributed by atoms with Crippen LogP contribution in [0.2, 0.25) is 0 Å². The Morgan fingerprint density at radius 2 is 1.89 bits per heavy atom. The van der Waals surface area contributed by atoms with Gasteiger partial charge >= 0.3 is 6.18 Å². The Balaban J connectivity index is 1.65. The summed E-state index contributed by atoms with van der Waals surface area (Å²) in [5.74, 6) is 0.496. The maximum atomic E-state index is 12.9. The van der Waals surface area contributed by atoms with Gasteiger partial charge in [0.15, 0.2) is 0 Å². The summed E-state index contributed by atoms with van der Waals surface area (Å²) in [7, 11) is 0. The van der Waals surface area contributed by atoms with Crippen molar-refractivity contribution in [3.8, 4) is 22.0 Å². The highest BCUT2D eigenvalue weighted by Gasteiger charge is 2.30. The molecular formula is C27H32F3N3OS. The monoisotopic (exact) mass is 503 g/mol. The summed E-state index contributed by atoms with van der Waals surface area (Å²) in [5.41, 5.74) is 3.21. The molecule has 4 rings (SSSR count). The van der Waals surface area contributed by atoms with Crippen molar-refractivity contribution in [2.45, 2.75) is 71.5 Å². The lowest BCUT2D eigenvalue weighted by Gasteiger charge is -2.24. The molecular weight excluding hydrogens is 471 g/mol. The molecule has 3 aromatic rings. The largest absolute Gasteiger partial charge is 0.416 e. The highest BCUT2D eigenvalue weighted by Crippen LogP contribution is 2.35. The van der Waals surface area contributed by atoms with Crippen LogP contribution in [0.3, 0.4) is 0 Å². The maximum Gasteiger partial charge on any atom is 0.416 e. The van der Waals surface area contributed by atoms with E-state index in [1.54, 1.807) is 0 Å². The number of nitrogens with one attached hydrogen (secondary N) is 1. The molecule has 0 aliphatic heterocycles. The average molecular weight is 504 g/mol. The van der Waals surface area contributed by atoms with Crippen LogP contribution in [0.5, 0.6) is 0 Å². The minimum Gasteiger partial charge on any atom is -0.352 e. The minimum absolute atomic E-state index is 0.0715. The predicted octanol–water partition coefficient (Wildman–Crippen LogP) is 7.72. The molecule has 0 atom stereocenters. The van der Waals surface area contributed by atoms with Crippen LogP contribution in [-0.4, -0.2) is 22.0 Å². The van der Waals surface area contributed by atoms with E-state index < -0.39 is 11.7 Å². The second kappa shape index (κ2) is 11.0. The van der Waals surface area contributed by atoms with E-state index in [1.807, 2.05) is 18.4 Å². The number of hydrogen-bond donors (Lipinski definition) is 1. The van der Waals surface area contributed by atoms with E-state index in [1.165, 1.54) is 55.6 Å². The summed E-state index contributed by atoms with van der Waals surface area (Å²) in [6.45, 7) is 5.57. The Bertz CT molecular complexity index is 1140. The molecule has 1 aliphatic carbocycles. The summed E-state index contributed by atoms with van der Waals surface area (Å²) in [6, 6.07) is 7.02. The second-order valence-corrected chi connectivity index (χ2v) is 10.2. The third-order valence-corrected chi connectivity index (χ3v) is 7.71. The number of alkyl halides is 3. The van der Waals surface area contributed by atoms with E-state index in [4.69, 9.17) is 4.98 Å². The Morgan fingerprint density at radius 3 is 2.54 bits per heavy atom. The van der Waals surface area contributed by atoms with E-state index in [0.717, 1.165) is 48.6 Å². The summed E-state index contributed by atoms with van der Waals surface area (Å²) in [6.07, 6.45) is 3.70. The van der Waals surface area contributed by atoms with Gasteiger partial charge in [-0.1, -0.05) is 44.7 Å². The highest BCUT2D eigenvalue weighted by atomic mass is 32.1. The molecule has 0 spiro atoms. The zero-order chi connectivity index (χ0) is 25.0. The smallest absolute Gasteiger partial charge is 0.352 e. The molecule has 0 radical (unpaired) electrons. The molecule has 0 unspecified atom stereocenters. The Morgan fingerprint density at radius 1 is 1.17 bits per heavy atom. The zero-order valence-electron chi connectivity index (χ0n) is 20.3. The number of nitrogens with zero attached hydrogens (tertiary/aromatic N) is 2. The van der Waals surface area contributed by atoms with E-state index in [9.17, 15) is 18.0 Å². The lowest BCUT2D eigenvalue weighted by atomic mass is 9.89. The number of benzene rings is 1. The van der Waals surface area contributed by atoms with E-state index in [-0.39, 0.29) is 5.91 Å². The van der Waals surface area contributed by atoms with Gasteiger partial charge in [-0.05, 0) is 50.3 Å². The summed E-state index contributed by atoms with van der Waals surface area (Å²) in [5, 5.41) is 5.61. The topological polar surface area (TPSA) is 46.9 Å². The Labute approximate surface area is 208 Å². The Kier molecular flexibility index (Phi) is 7.99. The van der Waals surface area contributed by atoms with Crippen LogP contribution in [0, 0.1) is 12.8 Å². The van der Waals surface area contributed by atoms with Crippen molar-refractivity contribution in [3.63, 3.8) is 0 Å². The number of amides is 1. The Hall–Kier alpha value is -2.61. The number of carbonyl (C=O) groups is 1. The summed E-state index contributed by atoms with van der Waals surface area (Å²) in [4.78, 5) is 17.7. The van der Waals surface area contributed by atoms with E-state index in [0.29, 0.717) is 28.6 Å². The van der Waals surface area contributed by atoms with Crippen molar-refractivity contribution in [1.29, 1.82) is 0 Å². The number of rotatable bonds is 8. The number of unbranched alkanes of at least 4 members (excludes halogenated alkanes) is 1. The predicted molar refractivity (Wildman–Crippen MR) is 135 cm³/mol. The van der Waals surface area contributed by atoms with Gasteiger partial charge in [-0.2, -0.15) is 13.2 Å². The van der Waals surface area contributed by atoms with Gasteiger partial charge in [-0.3, -0.25) is 4.79 Å². The highest BCUT2D eigenvalue weighted by molar-refractivity contribution is 7.13. The number of thiazole rings is 1. The quantitative estimate of drug-likeness (QED) is 0.320. The van der Waals surface area contributed by atoms with Gasteiger partial charge in [0.25, 0.3) is 5.91 Å². The first-order valence-corrected chi connectivity index (χ1v) is 13.3. The van der Waals surface area contributed by atoms with Crippen LogP contribution < -0.4 is 5.32 Å². The van der Waals surface area contributed by atoms with Crippen LogP contribution in [0.4, 0.5) is 13.2 Å². The zero-order valence-corrected chi connectivity index (χ0v) is 21.1. The van der Waals surface area contributed by atoms with Crippen LogP contribution in [-0.2, 0) is 12.7 Å². The van der Waals surface area contributed by atoms with Gasteiger partial charge in [-0.25, -0.2) is 4.98 Å².